The molecule has 1 nitrogen and oxygen atoms in total. The van der Waals surface area contributed by atoms with Crippen molar-refractivity contribution in [2.24, 2.45) is 5.92 Å². The average Bonchev–Trinajstić information content (AvgIpc) is 2.83. The van der Waals surface area contributed by atoms with Crippen LogP contribution in [0.25, 0.3) is 0 Å². The fraction of sp³-hybridized carbons (Fsp3) is 0.625. The van der Waals surface area contributed by atoms with Gasteiger partial charge in [0.1, 0.15) is 0 Å². The van der Waals surface area contributed by atoms with E-state index in [1.54, 1.807) is 0 Å². The fourth-order valence-corrected chi connectivity index (χ4v) is 3.13. The zero-order valence-corrected chi connectivity index (χ0v) is 12.3. The van der Waals surface area contributed by atoms with Crippen molar-refractivity contribution >= 4 is 11.6 Å². The van der Waals surface area contributed by atoms with Crippen LogP contribution in [0.2, 0.25) is 0 Å². The number of rotatable bonds is 4. The van der Waals surface area contributed by atoms with Crippen molar-refractivity contribution in [2.45, 2.75) is 51.5 Å². The molecule has 18 heavy (non-hydrogen) atoms. The van der Waals surface area contributed by atoms with Gasteiger partial charge in [0.2, 0.25) is 0 Å². The predicted molar refractivity (Wildman–Crippen MR) is 77.3 cm³/mol. The van der Waals surface area contributed by atoms with Gasteiger partial charge in [-0.15, -0.1) is 11.6 Å². The molecule has 1 fully saturated rings. The van der Waals surface area contributed by atoms with Crippen molar-refractivity contribution < 1.29 is 4.74 Å². The van der Waals surface area contributed by atoms with Gasteiger partial charge in [-0.3, -0.25) is 0 Å². The Morgan fingerprint density at radius 1 is 1.33 bits per heavy atom. The molecule has 3 atom stereocenters. The summed E-state index contributed by atoms with van der Waals surface area (Å²) in [5.41, 5.74) is 4.08. The van der Waals surface area contributed by atoms with E-state index in [1.165, 1.54) is 16.7 Å². The highest BCUT2D eigenvalue weighted by atomic mass is 35.5. The summed E-state index contributed by atoms with van der Waals surface area (Å²) in [5, 5.41) is 0.0939. The van der Waals surface area contributed by atoms with Crippen LogP contribution in [0.15, 0.2) is 18.2 Å². The van der Waals surface area contributed by atoms with Crippen LogP contribution in [-0.4, -0.2) is 12.7 Å². The first-order valence-electron chi connectivity index (χ1n) is 7.03. The number of aryl methyl sites for hydroxylation is 2. The minimum atomic E-state index is 0.0939. The van der Waals surface area contributed by atoms with Crippen LogP contribution >= 0.6 is 11.6 Å². The molecule has 1 saturated heterocycles. The van der Waals surface area contributed by atoms with Gasteiger partial charge in [0.15, 0.2) is 0 Å². The first-order chi connectivity index (χ1) is 8.65. The van der Waals surface area contributed by atoms with E-state index in [0.717, 1.165) is 25.9 Å². The molecule has 0 bridgehead atoms. The van der Waals surface area contributed by atoms with Crippen molar-refractivity contribution in [3.05, 3.63) is 34.9 Å². The largest absolute Gasteiger partial charge is 0.378 e. The van der Waals surface area contributed by atoms with E-state index in [-0.39, 0.29) is 5.38 Å². The van der Waals surface area contributed by atoms with Crippen molar-refractivity contribution in [3.63, 3.8) is 0 Å². The second-order valence-electron chi connectivity index (χ2n) is 5.28. The Hall–Kier alpha value is -0.530. The molecule has 1 aliphatic heterocycles. The molecular formula is C16H23ClO. The Morgan fingerprint density at radius 2 is 2.11 bits per heavy atom. The molecule has 2 rings (SSSR count). The van der Waals surface area contributed by atoms with Gasteiger partial charge >= 0.3 is 0 Å². The van der Waals surface area contributed by atoms with Gasteiger partial charge in [-0.2, -0.15) is 0 Å². The molecule has 0 radical (unpaired) electrons. The zero-order chi connectivity index (χ0) is 13.1. The summed E-state index contributed by atoms with van der Waals surface area (Å²) >= 11 is 6.71. The molecule has 0 amide bonds. The second-order valence-corrected chi connectivity index (χ2v) is 5.75. The maximum atomic E-state index is 6.71. The number of halogens is 1. The molecule has 1 aromatic rings. The van der Waals surface area contributed by atoms with Crippen LogP contribution in [0.1, 0.15) is 49.3 Å². The van der Waals surface area contributed by atoms with Gasteiger partial charge in [-0.05, 0) is 42.9 Å². The molecule has 0 spiro atoms. The second kappa shape index (κ2) is 6.08. The highest BCUT2D eigenvalue weighted by Gasteiger charge is 2.30. The first-order valence-corrected chi connectivity index (χ1v) is 7.46. The quantitative estimate of drug-likeness (QED) is 0.729. The summed E-state index contributed by atoms with van der Waals surface area (Å²) < 4.78 is 5.65. The van der Waals surface area contributed by atoms with Gasteiger partial charge in [-0.25, -0.2) is 0 Å². The molecule has 100 valence electrons. The molecule has 1 heterocycles. The van der Waals surface area contributed by atoms with Crippen molar-refractivity contribution in [2.75, 3.05) is 6.61 Å². The lowest BCUT2D eigenvalue weighted by Gasteiger charge is -2.20. The minimum absolute atomic E-state index is 0.0939. The van der Waals surface area contributed by atoms with E-state index in [9.17, 15) is 0 Å². The number of hydrogen-bond donors (Lipinski definition) is 0. The molecular weight excluding hydrogens is 244 g/mol. The summed E-state index contributed by atoms with van der Waals surface area (Å²) in [7, 11) is 0. The Balaban J connectivity index is 2.24. The topological polar surface area (TPSA) is 9.23 Å². The lowest BCUT2D eigenvalue weighted by molar-refractivity contribution is 0.120. The Morgan fingerprint density at radius 3 is 2.67 bits per heavy atom. The minimum Gasteiger partial charge on any atom is -0.378 e. The summed E-state index contributed by atoms with van der Waals surface area (Å²) in [6.07, 6.45) is 3.55. The van der Waals surface area contributed by atoms with Gasteiger partial charge in [0, 0.05) is 5.92 Å². The zero-order valence-electron chi connectivity index (χ0n) is 11.6. The Labute approximate surface area is 115 Å². The number of benzene rings is 1. The van der Waals surface area contributed by atoms with Gasteiger partial charge in [-0.1, -0.05) is 32.0 Å². The van der Waals surface area contributed by atoms with E-state index in [4.69, 9.17) is 16.3 Å². The van der Waals surface area contributed by atoms with E-state index in [2.05, 4.69) is 39.0 Å². The number of alkyl halides is 1. The molecule has 2 heteroatoms. The monoisotopic (exact) mass is 266 g/mol. The standard InChI is InChI=1S/C16H23ClO/c1-4-12-6-7-13(5-2)15(9-12)16(17)14-8-11(3)18-10-14/h6-7,9,11,14,16H,4-5,8,10H2,1-3H3. The molecule has 1 aromatic carbocycles. The van der Waals surface area contributed by atoms with E-state index >= 15 is 0 Å². The maximum absolute atomic E-state index is 6.71. The lowest BCUT2D eigenvalue weighted by Crippen LogP contribution is -2.10. The van der Waals surface area contributed by atoms with Crippen LogP contribution in [-0.2, 0) is 17.6 Å². The Kier molecular flexibility index (Phi) is 4.69. The molecule has 0 N–H and O–H groups in total. The average molecular weight is 267 g/mol. The summed E-state index contributed by atoms with van der Waals surface area (Å²) in [6, 6.07) is 6.75. The SMILES string of the molecule is CCc1ccc(CC)c(C(Cl)C2COC(C)C2)c1. The molecule has 0 saturated carbocycles. The van der Waals surface area contributed by atoms with Gasteiger partial charge in [0.25, 0.3) is 0 Å². The van der Waals surface area contributed by atoms with Gasteiger partial charge < -0.3 is 4.74 Å². The summed E-state index contributed by atoms with van der Waals surface area (Å²) in [4.78, 5) is 0. The van der Waals surface area contributed by atoms with Crippen LogP contribution in [0.3, 0.4) is 0 Å². The van der Waals surface area contributed by atoms with Gasteiger partial charge in [0.05, 0.1) is 18.1 Å². The fourth-order valence-electron chi connectivity index (χ4n) is 2.75. The third-order valence-corrected chi connectivity index (χ3v) is 4.53. The smallest absolute Gasteiger partial charge is 0.0639 e. The highest BCUT2D eigenvalue weighted by molar-refractivity contribution is 6.21. The maximum Gasteiger partial charge on any atom is 0.0639 e. The molecule has 1 aliphatic rings. The molecule has 0 aromatic heterocycles. The molecule has 0 aliphatic carbocycles. The van der Waals surface area contributed by atoms with Crippen LogP contribution in [0.4, 0.5) is 0 Å². The van der Waals surface area contributed by atoms with Crippen molar-refractivity contribution in [1.82, 2.24) is 0 Å². The molecule has 3 unspecified atom stereocenters. The summed E-state index contributed by atoms with van der Waals surface area (Å²) in [5.74, 6) is 0.457. The highest BCUT2D eigenvalue weighted by Crippen LogP contribution is 2.38. The van der Waals surface area contributed by atoms with Crippen LogP contribution in [0, 0.1) is 5.92 Å². The number of hydrogen-bond acceptors (Lipinski definition) is 1. The number of ether oxygens (including phenoxy) is 1. The van der Waals surface area contributed by atoms with E-state index in [1.807, 2.05) is 0 Å². The first kappa shape index (κ1) is 13.9. The third kappa shape index (κ3) is 2.89. The third-order valence-electron chi connectivity index (χ3n) is 3.94. The normalized spacial score (nSPS) is 25.3. The van der Waals surface area contributed by atoms with Crippen molar-refractivity contribution in [1.29, 1.82) is 0 Å². The Bertz CT molecular complexity index is 402. The lowest BCUT2D eigenvalue weighted by atomic mass is 9.91. The van der Waals surface area contributed by atoms with Crippen LogP contribution in [0.5, 0.6) is 0 Å². The summed E-state index contributed by atoms with van der Waals surface area (Å²) in [6.45, 7) is 7.32. The van der Waals surface area contributed by atoms with E-state index < -0.39 is 0 Å². The van der Waals surface area contributed by atoms with E-state index in [0.29, 0.717) is 12.0 Å². The van der Waals surface area contributed by atoms with Crippen molar-refractivity contribution in [3.8, 4) is 0 Å². The predicted octanol–water partition coefficient (Wildman–Crippen LogP) is 4.52. The van der Waals surface area contributed by atoms with Crippen LogP contribution < -0.4 is 0 Å².